The minimum Gasteiger partial charge on any atom is -0.494 e. The maximum atomic E-state index is 12.5. The summed E-state index contributed by atoms with van der Waals surface area (Å²) in [6.45, 7) is 5.96. The van der Waals surface area contributed by atoms with Gasteiger partial charge in [0.2, 0.25) is 0 Å². The lowest BCUT2D eigenvalue weighted by molar-refractivity contribution is 0.0789. The van der Waals surface area contributed by atoms with E-state index in [4.69, 9.17) is 4.74 Å². The number of piperidine rings is 1. The molecule has 0 saturated carbocycles. The topological polar surface area (TPSA) is 61.9 Å². The molecule has 2 heterocycles. The molecular formula is C27H37N3O3. The second-order valence-electron chi connectivity index (χ2n) is 8.68. The Labute approximate surface area is 197 Å². The molecule has 0 aliphatic carbocycles. The minimum atomic E-state index is 0.120. The average molecular weight is 452 g/mol. The standard InChI is InChI=1S/C20H31N3O2.C7H6O/c1-21-18-10-14-23(16-18)20(24)17-6-8-19(9-7-17)25-15-5-13-22-11-3-2-4-12-22;8-6-7-4-2-1-3-5-7/h6-9,18,21H,2-5,10-16H2,1H3;1-6H. The third-order valence-corrected chi connectivity index (χ3v) is 6.26. The van der Waals surface area contributed by atoms with Gasteiger partial charge in [-0.25, -0.2) is 0 Å². The van der Waals surface area contributed by atoms with Crippen LogP contribution in [0, 0.1) is 0 Å². The van der Waals surface area contributed by atoms with Crippen LogP contribution in [0.1, 0.15) is 52.8 Å². The van der Waals surface area contributed by atoms with Crippen molar-refractivity contribution in [3.63, 3.8) is 0 Å². The number of likely N-dealkylation sites (tertiary alicyclic amines) is 2. The van der Waals surface area contributed by atoms with E-state index in [1.165, 1.54) is 32.4 Å². The number of ether oxygens (including phenoxy) is 1. The molecule has 6 heteroatoms. The Morgan fingerprint density at radius 3 is 2.36 bits per heavy atom. The summed E-state index contributed by atoms with van der Waals surface area (Å²) < 4.78 is 5.83. The van der Waals surface area contributed by atoms with Crippen molar-refractivity contribution in [2.45, 2.75) is 38.1 Å². The molecule has 1 N–H and O–H groups in total. The van der Waals surface area contributed by atoms with E-state index in [1.807, 2.05) is 54.4 Å². The Balaban J connectivity index is 0.000000323. The monoisotopic (exact) mass is 451 g/mol. The highest BCUT2D eigenvalue weighted by Gasteiger charge is 2.25. The first-order valence-electron chi connectivity index (χ1n) is 12.1. The smallest absolute Gasteiger partial charge is 0.253 e. The number of nitrogens with zero attached hydrogens (tertiary/aromatic N) is 2. The lowest BCUT2D eigenvalue weighted by Gasteiger charge is -2.26. The van der Waals surface area contributed by atoms with Crippen molar-refractivity contribution >= 4 is 12.2 Å². The van der Waals surface area contributed by atoms with Crippen LogP contribution in [0.15, 0.2) is 54.6 Å². The second-order valence-corrected chi connectivity index (χ2v) is 8.68. The zero-order valence-electron chi connectivity index (χ0n) is 19.7. The van der Waals surface area contributed by atoms with Crippen molar-refractivity contribution in [3.8, 4) is 5.75 Å². The summed E-state index contributed by atoms with van der Waals surface area (Å²) in [5, 5.41) is 3.24. The zero-order chi connectivity index (χ0) is 23.3. The molecule has 2 aliphatic heterocycles. The fraction of sp³-hybridized carbons (Fsp3) is 0.481. The number of hydrogen-bond donors (Lipinski definition) is 1. The van der Waals surface area contributed by atoms with Crippen LogP contribution in [0.25, 0.3) is 0 Å². The van der Waals surface area contributed by atoms with Crippen molar-refractivity contribution < 1.29 is 14.3 Å². The van der Waals surface area contributed by atoms with E-state index in [9.17, 15) is 9.59 Å². The molecule has 4 rings (SSSR count). The van der Waals surface area contributed by atoms with Gasteiger partial charge in [0.1, 0.15) is 12.0 Å². The van der Waals surface area contributed by atoms with Crippen LogP contribution in [0.4, 0.5) is 0 Å². The van der Waals surface area contributed by atoms with E-state index in [0.29, 0.717) is 6.04 Å². The normalized spacial score (nSPS) is 18.3. The highest BCUT2D eigenvalue weighted by molar-refractivity contribution is 5.94. The van der Waals surface area contributed by atoms with Gasteiger partial charge in [-0.2, -0.15) is 0 Å². The summed E-state index contributed by atoms with van der Waals surface area (Å²) in [7, 11) is 1.95. The van der Waals surface area contributed by atoms with Gasteiger partial charge in [0.25, 0.3) is 5.91 Å². The van der Waals surface area contributed by atoms with Gasteiger partial charge >= 0.3 is 0 Å². The quantitative estimate of drug-likeness (QED) is 0.488. The van der Waals surface area contributed by atoms with Crippen molar-refractivity contribution in [2.75, 3.05) is 46.4 Å². The van der Waals surface area contributed by atoms with Crippen molar-refractivity contribution in [3.05, 3.63) is 65.7 Å². The largest absolute Gasteiger partial charge is 0.494 e. The molecule has 2 aliphatic rings. The fourth-order valence-electron chi connectivity index (χ4n) is 4.25. The summed E-state index contributed by atoms with van der Waals surface area (Å²) in [4.78, 5) is 27.0. The van der Waals surface area contributed by atoms with Crippen LogP contribution in [-0.4, -0.2) is 74.4 Å². The van der Waals surface area contributed by atoms with Gasteiger partial charge < -0.3 is 19.9 Å². The lowest BCUT2D eigenvalue weighted by Crippen LogP contribution is -2.33. The number of hydrogen-bond acceptors (Lipinski definition) is 5. The van der Waals surface area contributed by atoms with Crippen LogP contribution in [0.5, 0.6) is 5.75 Å². The van der Waals surface area contributed by atoms with Gasteiger partial charge in [-0.15, -0.1) is 0 Å². The predicted octanol–water partition coefficient (Wildman–Crippen LogP) is 3.87. The highest BCUT2D eigenvalue weighted by Crippen LogP contribution is 2.17. The molecular weight excluding hydrogens is 414 g/mol. The molecule has 1 atom stereocenters. The average Bonchev–Trinajstić information content (AvgIpc) is 3.37. The molecule has 1 unspecified atom stereocenters. The number of benzene rings is 2. The molecule has 2 fully saturated rings. The molecule has 2 aromatic rings. The zero-order valence-corrected chi connectivity index (χ0v) is 19.7. The van der Waals surface area contributed by atoms with Crippen molar-refractivity contribution in [1.82, 2.24) is 15.1 Å². The molecule has 33 heavy (non-hydrogen) atoms. The maximum absolute atomic E-state index is 12.5. The van der Waals surface area contributed by atoms with Crippen LogP contribution < -0.4 is 10.1 Å². The van der Waals surface area contributed by atoms with Gasteiger partial charge in [-0.1, -0.05) is 36.8 Å². The van der Waals surface area contributed by atoms with E-state index in [0.717, 1.165) is 62.2 Å². The first-order valence-corrected chi connectivity index (χ1v) is 12.1. The summed E-state index contributed by atoms with van der Waals surface area (Å²) in [5.74, 6) is 0.971. The number of carbonyl (C=O) groups excluding carboxylic acids is 2. The van der Waals surface area contributed by atoms with E-state index in [-0.39, 0.29) is 5.91 Å². The first kappa shape index (κ1) is 24.9. The van der Waals surface area contributed by atoms with E-state index in [1.54, 1.807) is 12.1 Å². The van der Waals surface area contributed by atoms with Gasteiger partial charge in [-0.05, 0) is 70.1 Å². The fourth-order valence-corrected chi connectivity index (χ4v) is 4.25. The highest BCUT2D eigenvalue weighted by atomic mass is 16.5. The number of carbonyl (C=O) groups is 2. The molecule has 0 radical (unpaired) electrons. The van der Waals surface area contributed by atoms with Crippen molar-refractivity contribution in [2.24, 2.45) is 0 Å². The molecule has 178 valence electrons. The second kappa shape index (κ2) is 13.8. The Morgan fingerprint density at radius 1 is 1.03 bits per heavy atom. The number of rotatable bonds is 8. The third kappa shape index (κ3) is 8.30. The number of aldehydes is 1. The molecule has 0 bridgehead atoms. The van der Waals surface area contributed by atoms with Crippen molar-refractivity contribution in [1.29, 1.82) is 0 Å². The summed E-state index contributed by atoms with van der Waals surface area (Å²) >= 11 is 0. The van der Waals surface area contributed by atoms with Gasteiger partial charge in [0.05, 0.1) is 6.61 Å². The summed E-state index contributed by atoms with van der Waals surface area (Å²) in [6.07, 6.45) is 6.97. The molecule has 2 saturated heterocycles. The van der Waals surface area contributed by atoms with Gasteiger partial charge in [0, 0.05) is 36.8 Å². The number of amides is 1. The molecule has 0 spiro atoms. The number of likely N-dealkylation sites (N-methyl/N-ethyl adjacent to an activating group) is 1. The van der Waals surface area contributed by atoms with Crippen LogP contribution in [0.3, 0.4) is 0 Å². The minimum absolute atomic E-state index is 0.120. The van der Waals surface area contributed by atoms with Gasteiger partial charge in [0.15, 0.2) is 0 Å². The van der Waals surface area contributed by atoms with Crippen LogP contribution in [-0.2, 0) is 0 Å². The summed E-state index contributed by atoms with van der Waals surface area (Å²) in [6, 6.07) is 17.1. The summed E-state index contributed by atoms with van der Waals surface area (Å²) in [5.41, 5.74) is 1.48. The molecule has 1 amide bonds. The number of nitrogens with one attached hydrogen (secondary N) is 1. The molecule has 2 aromatic carbocycles. The SMILES string of the molecule is CNC1CCN(C(=O)c2ccc(OCCCN3CCCCC3)cc2)C1.O=Cc1ccccc1. The lowest BCUT2D eigenvalue weighted by atomic mass is 10.1. The first-order chi connectivity index (χ1) is 16.2. The molecule has 6 nitrogen and oxygen atoms in total. The Hall–Kier alpha value is -2.70. The van der Waals surface area contributed by atoms with E-state index >= 15 is 0 Å². The maximum Gasteiger partial charge on any atom is 0.253 e. The predicted molar refractivity (Wildman–Crippen MR) is 132 cm³/mol. The van der Waals surface area contributed by atoms with E-state index in [2.05, 4.69) is 10.2 Å². The third-order valence-electron chi connectivity index (χ3n) is 6.26. The Morgan fingerprint density at radius 2 is 1.76 bits per heavy atom. The molecule has 0 aromatic heterocycles. The van der Waals surface area contributed by atoms with E-state index < -0.39 is 0 Å². The Bertz CT molecular complexity index is 835. The Kier molecular flexibility index (Phi) is 10.4. The van der Waals surface area contributed by atoms with Crippen LogP contribution >= 0.6 is 0 Å². The van der Waals surface area contributed by atoms with Gasteiger partial charge in [-0.3, -0.25) is 9.59 Å². The van der Waals surface area contributed by atoms with Crippen LogP contribution in [0.2, 0.25) is 0 Å².